The Morgan fingerprint density at radius 3 is 2.38 bits per heavy atom. The number of hydrogen-bond donors (Lipinski definition) is 2. The zero-order chi connectivity index (χ0) is 23.2. The summed E-state index contributed by atoms with van der Waals surface area (Å²) in [5, 5.41) is 21.5. The lowest BCUT2D eigenvalue weighted by molar-refractivity contribution is -0.132. The van der Waals surface area contributed by atoms with Gasteiger partial charge in [-0.15, -0.1) is 11.3 Å². The van der Waals surface area contributed by atoms with E-state index in [-0.39, 0.29) is 22.8 Å². The first kappa shape index (κ1) is 21.6. The van der Waals surface area contributed by atoms with E-state index >= 15 is 0 Å². The van der Waals surface area contributed by atoms with Crippen molar-refractivity contribution in [1.29, 1.82) is 0 Å². The van der Waals surface area contributed by atoms with Crippen molar-refractivity contribution in [2.75, 3.05) is 12.0 Å². The molecule has 32 heavy (non-hydrogen) atoms. The van der Waals surface area contributed by atoms with Crippen LogP contribution in [0.1, 0.15) is 33.3 Å². The molecule has 4 rings (SSSR count). The van der Waals surface area contributed by atoms with Crippen LogP contribution >= 0.6 is 11.3 Å². The zero-order valence-electron chi connectivity index (χ0n) is 18.0. The van der Waals surface area contributed by atoms with Crippen molar-refractivity contribution in [2.45, 2.75) is 26.8 Å². The lowest BCUT2D eigenvalue weighted by atomic mass is 9.95. The average molecular weight is 451 g/mol. The standard InChI is InChI=1S/C24H22N2O5S/c1-12-5-7-15(8-6-12)21(28)19-20(16-9-10-17(27)18(11-16)31-4)26(23(30)22(19)29)24-25-13(2)14(3)32-24/h5-11,20,27-28H,1-4H3/t20-/m0/s1. The number of hydrogen-bond acceptors (Lipinski definition) is 7. The molecule has 7 nitrogen and oxygen atoms in total. The van der Waals surface area contributed by atoms with Gasteiger partial charge in [-0.2, -0.15) is 0 Å². The third-order valence-corrected chi connectivity index (χ3v) is 6.58. The molecule has 1 aliphatic rings. The molecule has 2 heterocycles. The van der Waals surface area contributed by atoms with Gasteiger partial charge in [0.05, 0.1) is 24.4 Å². The number of anilines is 1. The number of phenols is 1. The van der Waals surface area contributed by atoms with E-state index in [1.165, 1.54) is 29.4 Å². The van der Waals surface area contributed by atoms with E-state index in [1.54, 1.807) is 24.3 Å². The van der Waals surface area contributed by atoms with E-state index in [1.807, 2.05) is 32.9 Å². The van der Waals surface area contributed by atoms with Gasteiger partial charge in [0.25, 0.3) is 5.78 Å². The SMILES string of the molecule is COc1cc([C@H]2C(=C(O)c3ccc(C)cc3)C(=O)C(=O)N2c2nc(C)c(C)s2)ccc1O. The molecule has 0 aliphatic carbocycles. The Balaban J connectivity index is 1.97. The van der Waals surface area contributed by atoms with E-state index in [2.05, 4.69) is 4.98 Å². The molecule has 0 spiro atoms. The number of benzene rings is 2. The normalized spacial score (nSPS) is 17.8. The summed E-state index contributed by atoms with van der Waals surface area (Å²) in [5.74, 6) is -1.73. The van der Waals surface area contributed by atoms with Crippen molar-refractivity contribution in [1.82, 2.24) is 4.98 Å². The van der Waals surface area contributed by atoms with Gasteiger partial charge in [-0.05, 0) is 38.5 Å². The largest absolute Gasteiger partial charge is 0.507 e. The molecule has 0 unspecified atom stereocenters. The van der Waals surface area contributed by atoms with Crippen LogP contribution in [0.15, 0.2) is 48.0 Å². The number of thiazole rings is 1. The lowest BCUT2D eigenvalue weighted by Gasteiger charge is -2.23. The summed E-state index contributed by atoms with van der Waals surface area (Å²) in [7, 11) is 1.41. The molecule has 0 radical (unpaired) electrons. The number of nitrogens with zero attached hydrogens (tertiary/aromatic N) is 2. The number of aromatic nitrogens is 1. The van der Waals surface area contributed by atoms with Crippen LogP contribution in [-0.4, -0.2) is 34.0 Å². The number of phenolic OH excluding ortho intramolecular Hbond substituents is 1. The monoisotopic (exact) mass is 450 g/mol. The van der Waals surface area contributed by atoms with E-state index in [4.69, 9.17) is 4.74 Å². The number of methoxy groups -OCH3 is 1. The highest BCUT2D eigenvalue weighted by Crippen LogP contribution is 2.45. The number of Topliss-reactive ketones (excluding diaryl/α,β-unsaturated/α-hetero) is 1. The molecule has 3 aromatic rings. The van der Waals surface area contributed by atoms with Crippen LogP contribution in [0.3, 0.4) is 0 Å². The van der Waals surface area contributed by atoms with Gasteiger partial charge < -0.3 is 14.9 Å². The van der Waals surface area contributed by atoms with E-state index in [0.717, 1.165) is 16.1 Å². The molecular formula is C24H22N2O5S. The third kappa shape index (κ3) is 3.52. The van der Waals surface area contributed by atoms with Gasteiger partial charge in [0, 0.05) is 10.4 Å². The Labute approximate surface area is 189 Å². The first-order valence-corrected chi connectivity index (χ1v) is 10.7. The van der Waals surface area contributed by atoms with Crippen LogP contribution in [0.2, 0.25) is 0 Å². The second kappa shape index (κ2) is 8.12. The van der Waals surface area contributed by atoms with Crippen LogP contribution in [0, 0.1) is 20.8 Å². The number of carbonyl (C=O) groups is 2. The Morgan fingerprint density at radius 2 is 1.78 bits per heavy atom. The third-order valence-electron chi connectivity index (χ3n) is 5.51. The summed E-state index contributed by atoms with van der Waals surface area (Å²) >= 11 is 1.30. The summed E-state index contributed by atoms with van der Waals surface area (Å²) in [6, 6.07) is 10.7. The molecule has 8 heteroatoms. The highest BCUT2D eigenvalue weighted by atomic mass is 32.1. The zero-order valence-corrected chi connectivity index (χ0v) is 18.9. The smallest absolute Gasteiger partial charge is 0.301 e. The number of aliphatic hydroxyl groups is 1. The average Bonchev–Trinajstić information content (AvgIpc) is 3.24. The maximum absolute atomic E-state index is 13.2. The maximum Gasteiger partial charge on any atom is 0.301 e. The number of carbonyl (C=O) groups excluding carboxylic acids is 2. The van der Waals surface area contributed by atoms with Gasteiger partial charge in [-0.25, -0.2) is 4.98 Å². The Hall–Kier alpha value is -3.65. The minimum absolute atomic E-state index is 0.0443. The molecule has 0 saturated carbocycles. The van der Waals surface area contributed by atoms with Crippen molar-refractivity contribution in [2.24, 2.45) is 0 Å². The van der Waals surface area contributed by atoms with Gasteiger partial charge in [0.2, 0.25) is 0 Å². The quantitative estimate of drug-likeness (QED) is 0.347. The van der Waals surface area contributed by atoms with Gasteiger partial charge >= 0.3 is 5.91 Å². The van der Waals surface area contributed by atoms with Gasteiger partial charge in [0.15, 0.2) is 16.6 Å². The number of ketones is 1. The van der Waals surface area contributed by atoms with Gasteiger partial charge in [-0.1, -0.05) is 35.9 Å². The molecule has 1 amide bonds. The van der Waals surface area contributed by atoms with Crippen molar-refractivity contribution < 1.29 is 24.5 Å². The predicted octanol–water partition coefficient (Wildman–Crippen LogP) is 4.41. The summed E-state index contributed by atoms with van der Waals surface area (Å²) in [5.41, 5.74) is 2.63. The summed E-state index contributed by atoms with van der Waals surface area (Å²) in [6.07, 6.45) is 0. The van der Waals surface area contributed by atoms with Crippen molar-refractivity contribution in [3.05, 3.63) is 75.3 Å². The molecule has 1 saturated heterocycles. The highest BCUT2D eigenvalue weighted by Gasteiger charge is 2.48. The van der Waals surface area contributed by atoms with Crippen LogP contribution in [0.4, 0.5) is 5.13 Å². The topological polar surface area (TPSA) is 100.0 Å². The van der Waals surface area contributed by atoms with E-state index in [9.17, 15) is 19.8 Å². The molecule has 2 aromatic carbocycles. The molecule has 0 bridgehead atoms. The Morgan fingerprint density at radius 1 is 1.09 bits per heavy atom. The van der Waals surface area contributed by atoms with Gasteiger partial charge in [-0.3, -0.25) is 14.5 Å². The first-order chi connectivity index (χ1) is 15.2. The minimum Gasteiger partial charge on any atom is -0.507 e. The van der Waals surface area contributed by atoms with Crippen LogP contribution < -0.4 is 9.64 Å². The van der Waals surface area contributed by atoms with Crippen molar-refractivity contribution in [3.8, 4) is 11.5 Å². The number of ether oxygens (including phenoxy) is 1. The van der Waals surface area contributed by atoms with E-state index < -0.39 is 17.7 Å². The fraction of sp³-hybridized carbons (Fsp3) is 0.208. The van der Waals surface area contributed by atoms with Crippen LogP contribution in [0.5, 0.6) is 11.5 Å². The predicted molar refractivity (Wildman–Crippen MR) is 122 cm³/mol. The Bertz CT molecular complexity index is 1240. The van der Waals surface area contributed by atoms with Crippen molar-refractivity contribution in [3.63, 3.8) is 0 Å². The fourth-order valence-corrected chi connectivity index (χ4v) is 4.57. The van der Waals surface area contributed by atoms with Crippen LogP contribution in [0.25, 0.3) is 5.76 Å². The second-order valence-electron chi connectivity index (χ2n) is 7.60. The number of aliphatic hydroxyl groups excluding tert-OH is 1. The maximum atomic E-state index is 13.2. The minimum atomic E-state index is -0.934. The molecule has 1 fully saturated rings. The lowest BCUT2D eigenvalue weighted by Crippen LogP contribution is -2.29. The molecule has 1 aliphatic heterocycles. The van der Waals surface area contributed by atoms with Gasteiger partial charge in [0.1, 0.15) is 5.76 Å². The Kier molecular flexibility index (Phi) is 5.48. The van der Waals surface area contributed by atoms with E-state index in [0.29, 0.717) is 16.3 Å². The number of aryl methyl sites for hydroxylation is 3. The molecule has 164 valence electrons. The van der Waals surface area contributed by atoms with Crippen LogP contribution in [-0.2, 0) is 9.59 Å². The molecule has 1 aromatic heterocycles. The first-order valence-electron chi connectivity index (χ1n) is 9.92. The number of aromatic hydroxyl groups is 1. The van der Waals surface area contributed by atoms with Crippen molar-refractivity contribution >= 4 is 33.9 Å². The summed E-state index contributed by atoms with van der Waals surface area (Å²) in [4.78, 5) is 33.0. The molecule has 1 atom stereocenters. The number of rotatable bonds is 4. The summed E-state index contributed by atoms with van der Waals surface area (Å²) in [6.45, 7) is 5.63. The highest BCUT2D eigenvalue weighted by molar-refractivity contribution is 7.16. The fourth-order valence-electron chi connectivity index (χ4n) is 3.64. The second-order valence-corrected chi connectivity index (χ2v) is 8.79. The molecular weight excluding hydrogens is 428 g/mol. The molecule has 2 N–H and O–H groups in total. The number of amides is 1. The summed E-state index contributed by atoms with van der Waals surface area (Å²) < 4.78 is 5.23.